The van der Waals surface area contributed by atoms with Crippen LogP contribution in [0.4, 0.5) is 17.3 Å². The molecule has 0 spiro atoms. The van der Waals surface area contributed by atoms with E-state index in [9.17, 15) is 4.79 Å². The molecule has 2 aromatic carbocycles. The lowest BCUT2D eigenvalue weighted by molar-refractivity contribution is -0.118. The normalized spacial score (nSPS) is 13.8. The zero-order valence-electron chi connectivity index (χ0n) is 16.3. The predicted octanol–water partition coefficient (Wildman–Crippen LogP) is 3.60. The fourth-order valence-electron chi connectivity index (χ4n) is 3.21. The molecule has 0 unspecified atom stereocenters. The van der Waals surface area contributed by atoms with Gasteiger partial charge >= 0.3 is 0 Å². The number of benzene rings is 2. The Hall–Kier alpha value is -3.61. The van der Waals surface area contributed by atoms with Crippen LogP contribution in [0.5, 0.6) is 11.5 Å². The summed E-state index contributed by atoms with van der Waals surface area (Å²) in [7, 11) is 0. The van der Waals surface area contributed by atoms with Gasteiger partial charge in [-0.05, 0) is 43.3 Å². The van der Waals surface area contributed by atoms with Crippen molar-refractivity contribution in [3.8, 4) is 11.5 Å². The van der Waals surface area contributed by atoms with Crippen LogP contribution in [0.1, 0.15) is 5.82 Å². The van der Waals surface area contributed by atoms with E-state index >= 15 is 0 Å². The number of piperazine rings is 1. The molecule has 0 saturated carbocycles. The lowest BCUT2D eigenvalue weighted by Crippen LogP contribution is -2.46. The first-order valence-corrected chi connectivity index (χ1v) is 9.59. The van der Waals surface area contributed by atoms with Crippen molar-refractivity contribution in [1.82, 2.24) is 14.9 Å². The zero-order valence-corrected chi connectivity index (χ0v) is 16.3. The average Bonchev–Trinajstić information content (AvgIpc) is 2.75. The summed E-state index contributed by atoms with van der Waals surface area (Å²) in [5, 5.41) is 3.34. The van der Waals surface area contributed by atoms with Gasteiger partial charge in [0.25, 0.3) is 0 Å². The number of rotatable bonds is 6. The van der Waals surface area contributed by atoms with E-state index in [1.165, 1.54) is 0 Å². The minimum Gasteiger partial charge on any atom is -0.457 e. The van der Waals surface area contributed by atoms with Gasteiger partial charge in [0.15, 0.2) is 0 Å². The molecule has 0 aliphatic carbocycles. The average molecular weight is 389 g/mol. The Kier molecular flexibility index (Phi) is 5.56. The van der Waals surface area contributed by atoms with Crippen LogP contribution in [0.2, 0.25) is 0 Å². The molecule has 3 aromatic rings. The standard InChI is InChI=1S/C22H23N5O2/c1-17-23-21(15-22(24-17)27-13-11-26(16-28)12-14-27)25-18-7-9-20(10-8-18)29-19-5-3-2-4-6-19/h2-10,15-16H,11-14H2,1H3,(H,23,24,25). The predicted molar refractivity (Wildman–Crippen MR) is 113 cm³/mol. The third kappa shape index (κ3) is 4.82. The molecule has 0 radical (unpaired) electrons. The molecular weight excluding hydrogens is 366 g/mol. The molecule has 7 nitrogen and oxygen atoms in total. The molecule has 7 heteroatoms. The van der Waals surface area contributed by atoms with Gasteiger partial charge in [-0.2, -0.15) is 0 Å². The molecule has 0 bridgehead atoms. The Labute approximate surface area is 170 Å². The van der Waals surface area contributed by atoms with Crippen molar-refractivity contribution in [2.75, 3.05) is 36.4 Å². The number of aromatic nitrogens is 2. The Balaban J connectivity index is 1.44. The number of carbonyl (C=O) groups excluding carboxylic acids is 1. The molecule has 2 heterocycles. The monoisotopic (exact) mass is 389 g/mol. The van der Waals surface area contributed by atoms with Gasteiger partial charge in [0, 0.05) is 37.9 Å². The number of hydrogen-bond donors (Lipinski definition) is 1. The second-order valence-electron chi connectivity index (χ2n) is 6.85. The Morgan fingerprint density at radius 3 is 2.31 bits per heavy atom. The van der Waals surface area contributed by atoms with Crippen LogP contribution in [0.3, 0.4) is 0 Å². The van der Waals surface area contributed by atoms with Gasteiger partial charge in [0.2, 0.25) is 6.41 Å². The highest BCUT2D eigenvalue weighted by molar-refractivity contribution is 5.61. The van der Waals surface area contributed by atoms with E-state index in [0.717, 1.165) is 48.3 Å². The zero-order chi connectivity index (χ0) is 20.1. The van der Waals surface area contributed by atoms with Crippen molar-refractivity contribution in [2.45, 2.75) is 6.92 Å². The van der Waals surface area contributed by atoms with Gasteiger partial charge in [-0.3, -0.25) is 4.79 Å². The molecule has 1 fully saturated rings. The number of nitrogens with zero attached hydrogens (tertiary/aromatic N) is 4. The highest BCUT2D eigenvalue weighted by Gasteiger charge is 2.17. The molecule has 1 aliphatic rings. The van der Waals surface area contributed by atoms with Crippen LogP contribution in [0, 0.1) is 6.92 Å². The fraction of sp³-hybridized carbons (Fsp3) is 0.227. The summed E-state index contributed by atoms with van der Waals surface area (Å²) in [5.41, 5.74) is 0.917. The smallest absolute Gasteiger partial charge is 0.209 e. The molecule has 0 atom stereocenters. The van der Waals surface area contributed by atoms with E-state index in [1.54, 1.807) is 4.90 Å². The molecular formula is C22H23N5O2. The van der Waals surface area contributed by atoms with Crippen molar-refractivity contribution in [3.63, 3.8) is 0 Å². The first kappa shape index (κ1) is 18.7. The number of ether oxygens (including phenoxy) is 1. The summed E-state index contributed by atoms with van der Waals surface area (Å²) in [5.74, 6) is 3.89. The molecule has 1 N–H and O–H groups in total. The van der Waals surface area contributed by atoms with Crippen molar-refractivity contribution >= 4 is 23.7 Å². The van der Waals surface area contributed by atoms with E-state index < -0.39 is 0 Å². The summed E-state index contributed by atoms with van der Waals surface area (Å²) < 4.78 is 5.83. The Morgan fingerprint density at radius 1 is 0.931 bits per heavy atom. The lowest BCUT2D eigenvalue weighted by atomic mass is 10.3. The summed E-state index contributed by atoms with van der Waals surface area (Å²) in [6, 6.07) is 19.4. The number of anilines is 3. The van der Waals surface area contributed by atoms with Crippen LogP contribution < -0.4 is 15.0 Å². The third-order valence-electron chi connectivity index (χ3n) is 4.72. The molecule has 29 heavy (non-hydrogen) atoms. The molecule has 1 amide bonds. The SMILES string of the molecule is Cc1nc(Nc2ccc(Oc3ccccc3)cc2)cc(N2CCN(C=O)CC2)n1. The quantitative estimate of drug-likeness (QED) is 0.650. The Morgan fingerprint density at radius 2 is 1.62 bits per heavy atom. The summed E-state index contributed by atoms with van der Waals surface area (Å²) in [4.78, 5) is 23.9. The molecule has 1 aromatic heterocycles. The van der Waals surface area contributed by atoms with E-state index in [1.807, 2.05) is 67.6 Å². The summed E-state index contributed by atoms with van der Waals surface area (Å²) in [6.45, 7) is 4.82. The van der Waals surface area contributed by atoms with Gasteiger partial charge < -0.3 is 19.9 Å². The maximum atomic E-state index is 10.9. The maximum absolute atomic E-state index is 10.9. The molecule has 1 aliphatic heterocycles. The third-order valence-corrected chi connectivity index (χ3v) is 4.72. The second kappa shape index (κ2) is 8.60. The molecule has 1 saturated heterocycles. The van der Waals surface area contributed by atoms with Gasteiger partial charge in [0.05, 0.1) is 0 Å². The minimum absolute atomic E-state index is 0.701. The van der Waals surface area contributed by atoms with Crippen molar-refractivity contribution in [1.29, 1.82) is 0 Å². The van der Waals surface area contributed by atoms with Crippen LogP contribution in [0.25, 0.3) is 0 Å². The van der Waals surface area contributed by atoms with Crippen LogP contribution in [0.15, 0.2) is 60.7 Å². The van der Waals surface area contributed by atoms with Crippen LogP contribution >= 0.6 is 0 Å². The summed E-state index contributed by atoms with van der Waals surface area (Å²) >= 11 is 0. The van der Waals surface area contributed by atoms with Gasteiger partial charge in [-0.1, -0.05) is 18.2 Å². The highest BCUT2D eigenvalue weighted by atomic mass is 16.5. The first-order chi connectivity index (χ1) is 14.2. The molecule has 148 valence electrons. The van der Waals surface area contributed by atoms with E-state index in [0.29, 0.717) is 18.9 Å². The number of para-hydroxylation sites is 1. The van der Waals surface area contributed by atoms with Crippen molar-refractivity contribution < 1.29 is 9.53 Å². The molecule has 4 rings (SSSR count). The maximum Gasteiger partial charge on any atom is 0.209 e. The van der Waals surface area contributed by atoms with Crippen molar-refractivity contribution in [3.05, 3.63) is 66.5 Å². The van der Waals surface area contributed by atoms with Gasteiger partial charge in [-0.25, -0.2) is 9.97 Å². The van der Waals surface area contributed by atoms with Crippen molar-refractivity contribution in [2.24, 2.45) is 0 Å². The van der Waals surface area contributed by atoms with E-state index in [2.05, 4.69) is 20.2 Å². The van der Waals surface area contributed by atoms with E-state index in [4.69, 9.17) is 4.74 Å². The Bertz CT molecular complexity index is 955. The van der Waals surface area contributed by atoms with Crippen LogP contribution in [-0.2, 0) is 4.79 Å². The topological polar surface area (TPSA) is 70.6 Å². The highest BCUT2D eigenvalue weighted by Crippen LogP contribution is 2.25. The van der Waals surface area contributed by atoms with E-state index in [-0.39, 0.29) is 0 Å². The second-order valence-corrected chi connectivity index (χ2v) is 6.85. The van der Waals surface area contributed by atoms with Gasteiger partial charge in [0.1, 0.15) is 29.0 Å². The number of carbonyl (C=O) groups is 1. The first-order valence-electron chi connectivity index (χ1n) is 9.59. The van der Waals surface area contributed by atoms with Crippen LogP contribution in [-0.4, -0.2) is 47.5 Å². The minimum atomic E-state index is 0.701. The number of aryl methyl sites for hydroxylation is 1. The number of hydrogen-bond acceptors (Lipinski definition) is 6. The number of amides is 1. The lowest BCUT2D eigenvalue weighted by Gasteiger charge is -2.33. The largest absolute Gasteiger partial charge is 0.457 e. The summed E-state index contributed by atoms with van der Waals surface area (Å²) in [6.07, 6.45) is 0.903. The van der Waals surface area contributed by atoms with Gasteiger partial charge in [-0.15, -0.1) is 0 Å². The fourth-order valence-corrected chi connectivity index (χ4v) is 3.21. The number of nitrogens with one attached hydrogen (secondary N) is 1.